The minimum atomic E-state index is -3.93. The summed E-state index contributed by atoms with van der Waals surface area (Å²) in [6.45, 7) is 4.83. The molecular formula is C19H19ClN2O5S. The minimum Gasteiger partial charge on any atom is -0.459 e. The highest BCUT2D eigenvalue weighted by molar-refractivity contribution is 7.91. The summed E-state index contributed by atoms with van der Waals surface area (Å²) in [5.41, 5.74) is 0. The molecular weight excluding hydrogens is 404 g/mol. The summed E-state index contributed by atoms with van der Waals surface area (Å²) in [7, 11) is -3.93. The fraction of sp³-hybridized carbons (Fsp3) is 0.316. The lowest BCUT2D eigenvalue weighted by molar-refractivity contribution is -0.00657. The van der Waals surface area contributed by atoms with Crippen molar-refractivity contribution < 1.29 is 22.0 Å². The molecule has 0 radical (unpaired) electrons. The number of ether oxygens (including phenoxy) is 1. The van der Waals surface area contributed by atoms with Crippen LogP contribution in [0.5, 0.6) is 0 Å². The summed E-state index contributed by atoms with van der Waals surface area (Å²) >= 11 is 5.90. The molecule has 1 fully saturated rings. The fourth-order valence-electron chi connectivity index (χ4n) is 3.25. The lowest BCUT2D eigenvalue weighted by Gasteiger charge is -2.35. The average molecular weight is 423 g/mol. The Hall–Kier alpha value is -2.29. The summed E-state index contributed by atoms with van der Waals surface area (Å²) in [6.07, 6.45) is 1.32. The topological polar surface area (TPSA) is 85.8 Å². The van der Waals surface area contributed by atoms with Crippen LogP contribution in [-0.2, 0) is 14.6 Å². The van der Waals surface area contributed by atoms with Gasteiger partial charge in [-0.3, -0.25) is 0 Å². The van der Waals surface area contributed by atoms with E-state index in [4.69, 9.17) is 25.2 Å². The zero-order valence-electron chi connectivity index (χ0n) is 15.3. The number of nitrogens with zero attached hydrogens (tertiary/aromatic N) is 2. The Balaban J connectivity index is 1.84. The molecule has 1 saturated heterocycles. The van der Waals surface area contributed by atoms with Gasteiger partial charge in [0, 0.05) is 18.1 Å². The normalized spacial score (nSPS) is 20.5. The second-order valence-corrected chi connectivity index (χ2v) is 9.03. The van der Waals surface area contributed by atoms with Gasteiger partial charge in [-0.15, -0.1) is 0 Å². The Labute approximate surface area is 167 Å². The molecule has 0 aliphatic carbocycles. The molecule has 0 bridgehead atoms. The molecule has 1 aliphatic heterocycles. The van der Waals surface area contributed by atoms with E-state index in [0.29, 0.717) is 23.9 Å². The van der Waals surface area contributed by atoms with Gasteiger partial charge in [-0.05, 0) is 50.2 Å². The van der Waals surface area contributed by atoms with E-state index >= 15 is 0 Å². The quantitative estimate of drug-likeness (QED) is 0.627. The lowest BCUT2D eigenvalue weighted by atomic mass is 10.2. The first-order valence-electron chi connectivity index (χ1n) is 8.80. The van der Waals surface area contributed by atoms with Gasteiger partial charge >= 0.3 is 0 Å². The Morgan fingerprint density at radius 2 is 1.79 bits per heavy atom. The minimum absolute atomic E-state index is 0.0769. The maximum absolute atomic E-state index is 13.3. The molecule has 0 unspecified atom stereocenters. The third-order valence-electron chi connectivity index (χ3n) is 4.40. The van der Waals surface area contributed by atoms with E-state index in [9.17, 15) is 8.42 Å². The van der Waals surface area contributed by atoms with Crippen molar-refractivity contribution >= 4 is 27.3 Å². The molecule has 28 heavy (non-hydrogen) atoms. The van der Waals surface area contributed by atoms with E-state index in [1.165, 1.54) is 30.5 Å². The number of rotatable bonds is 4. The van der Waals surface area contributed by atoms with E-state index in [-0.39, 0.29) is 33.9 Å². The van der Waals surface area contributed by atoms with Crippen LogP contribution in [0.15, 0.2) is 61.4 Å². The van der Waals surface area contributed by atoms with Gasteiger partial charge in [0.2, 0.25) is 20.7 Å². The molecule has 0 saturated carbocycles. The number of hydrogen-bond acceptors (Lipinski definition) is 7. The van der Waals surface area contributed by atoms with Crippen LogP contribution in [0.1, 0.15) is 13.8 Å². The number of oxazole rings is 1. The van der Waals surface area contributed by atoms with Gasteiger partial charge < -0.3 is 18.5 Å². The molecule has 1 aromatic carbocycles. The van der Waals surface area contributed by atoms with Crippen molar-refractivity contribution in [2.75, 3.05) is 18.0 Å². The van der Waals surface area contributed by atoms with Gasteiger partial charge in [-0.25, -0.2) is 8.42 Å². The predicted molar refractivity (Wildman–Crippen MR) is 103 cm³/mol. The van der Waals surface area contributed by atoms with E-state index in [1.54, 1.807) is 12.1 Å². The van der Waals surface area contributed by atoms with Crippen LogP contribution in [0.25, 0.3) is 11.7 Å². The zero-order chi connectivity index (χ0) is 19.9. The highest BCUT2D eigenvalue weighted by atomic mass is 35.5. The molecule has 2 atom stereocenters. The van der Waals surface area contributed by atoms with Crippen molar-refractivity contribution in [2.45, 2.75) is 36.0 Å². The van der Waals surface area contributed by atoms with Crippen LogP contribution in [0.3, 0.4) is 0 Å². The summed E-state index contributed by atoms with van der Waals surface area (Å²) in [5.74, 6) is 0.649. The SMILES string of the molecule is C[C@H]1CN(c2oc(-c3ccco3)nc2S(=O)(=O)c2ccc(Cl)cc2)C[C@H](C)O1. The van der Waals surface area contributed by atoms with Gasteiger partial charge in [0.1, 0.15) is 0 Å². The van der Waals surface area contributed by atoms with Gasteiger partial charge in [-0.2, -0.15) is 4.98 Å². The number of halogens is 1. The highest BCUT2D eigenvalue weighted by Crippen LogP contribution is 2.36. The maximum Gasteiger partial charge on any atom is 0.266 e. The molecule has 2 aromatic heterocycles. The Kier molecular flexibility index (Phi) is 4.95. The lowest BCUT2D eigenvalue weighted by Crippen LogP contribution is -2.45. The second-order valence-electron chi connectivity index (χ2n) is 6.73. The number of hydrogen-bond donors (Lipinski definition) is 0. The van der Waals surface area contributed by atoms with Gasteiger partial charge in [0.05, 0.1) is 23.4 Å². The van der Waals surface area contributed by atoms with Crippen LogP contribution in [-0.4, -0.2) is 38.7 Å². The Bertz CT molecular complexity index is 1050. The third kappa shape index (κ3) is 3.55. The molecule has 3 aromatic rings. The van der Waals surface area contributed by atoms with Crippen molar-refractivity contribution in [3.05, 3.63) is 47.7 Å². The van der Waals surface area contributed by atoms with E-state index in [0.717, 1.165) is 0 Å². The largest absolute Gasteiger partial charge is 0.459 e. The van der Waals surface area contributed by atoms with Crippen molar-refractivity contribution in [3.63, 3.8) is 0 Å². The van der Waals surface area contributed by atoms with Crippen molar-refractivity contribution in [1.82, 2.24) is 4.98 Å². The molecule has 0 spiro atoms. The number of benzene rings is 1. The van der Waals surface area contributed by atoms with Gasteiger partial charge in [0.15, 0.2) is 5.76 Å². The third-order valence-corrected chi connectivity index (χ3v) is 6.32. The van der Waals surface area contributed by atoms with E-state index in [1.807, 2.05) is 18.7 Å². The monoisotopic (exact) mass is 422 g/mol. The smallest absolute Gasteiger partial charge is 0.266 e. The first kappa shape index (κ1) is 19.0. The fourth-order valence-corrected chi connectivity index (χ4v) is 4.70. The molecule has 9 heteroatoms. The van der Waals surface area contributed by atoms with Crippen LogP contribution in [0, 0.1) is 0 Å². The van der Waals surface area contributed by atoms with Crippen molar-refractivity contribution in [2.24, 2.45) is 0 Å². The van der Waals surface area contributed by atoms with Crippen LogP contribution in [0.2, 0.25) is 5.02 Å². The first-order chi connectivity index (χ1) is 13.3. The molecule has 148 valence electrons. The number of sulfone groups is 1. The number of morpholine rings is 1. The molecule has 0 N–H and O–H groups in total. The van der Waals surface area contributed by atoms with Crippen LogP contribution < -0.4 is 4.90 Å². The van der Waals surface area contributed by atoms with E-state index in [2.05, 4.69) is 4.98 Å². The standard InChI is InChI=1S/C19H19ClN2O5S/c1-12-10-22(11-13(2)26-12)19-18(21-17(27-19)16-4-3-9-25-16)28(23,24)15-7-5-14(20)6-8-15/h3-9,12-13H,10-11H2,1-2H3/t12-,13-/m0/s1. The predicted octanol–water partition coefficient (Wildman–Crippen LogP) is 4.03. The molecule has 7 nitrogen and oxygen atoms in total. The number of anilines is 1. The molecule has 4 rings (SSSR count). The summed E-state index contributed by atoms with van der Waals surface area (Å²) in [5, 5.41) is 0.300. The Morgan fingerprint density at radius 3 is 2.39 bits per heavy atom. The number of aromatic nitrogens is 1. The van der Waals surface area contributed by atoms with Crippen LogP contribution >= 0.6 is 11.6 Å². The summed E-state index contributed by atoms with van der Waals surface area (Å²) < 4.78 is 43.6. The average Bonchev–Trinajstić information content (AvgIpc) is 3.31. The van der Waals surface area contributed by atoms with Gasteiger partial charge in [-0.1, -0.05) is 11.6 Å². The molecule has 1 aliphatic rings. The second kappa shape index (κ2) is 7.27. The molecule has 3 heterocycles. The summed E-state index contributed by atoms with van der Waals surface area (Å²) in [4.78, 5) is 6.22. The van der Waals surface area contributed by atoms with Crippen molar-refractivity contribution in [1.29, 1.82) is 0 Å². The first-order valence-corrected chi connectivity index (χ1v) is 10.7. The van der Waals surface area contributed by atoms with Crippen LogP contribution in [0.4, 0.5) is 5.88 Å². The van der Waals surface area contributed by atoms with Crippen molar-refractivity contribution in [3.8, 4) is 11.7 Å². The molecule has 0 amide bonds. The van der Waals surface area contributed by atoms with E-state index < -0.39 is 9.84 Å². The Morgan fingerprint density at radius 1 is 1.11 bits per heavy atom. The number of furan rings is 1. The van der Waals surface area contributed by atoms with Gasteiger partial charge in [0.25, 0.3) is 5.89 Å². The highest BCUT2D eigenvalue weighted by Gasteiger charge is 2.34. The summed E-state index contributed by atoms with van der Waals surface area (Å²) in [6, 6.07) is 9.31. The maximum atomic E-state index is 13.3. The zero-order valence-corrected chi connectivity index (χ0v) is 16.9.